The molecule has 1 aromatic rings. The van der Waals surface area contributed by atoms with E-state index < -0.39 is 0 Å². The third-order valence-electron chi connectivity index (χ3n) is 4.15. The third kappa shape index (κ3) is 3.27. The van der Waals surface area contributed by atoms with Crippen molar-refractivity contribution in [1.82, 2.24) is 14.8 Å². The van der Waals surface area contributed by atoms with Gasteiger partial charge < -0.3 is 10.2 Å². The third-order valence-corrected chi connectivity index (χ3v) is 4.15. The number of nitrogens with zero attached hydrogens (tertiary/aromatic N) is 3. The smallest absolute Gasteiger partial charge is 0.140 e. The van der Waals surface area contributed by atoms with E-state index in [1.165, 1.54) is 6.42 Å². The number of nitrogens with two attached hydrogens (primary N) is 1. The van der Waals surface area contributed by atoms with Gasteiger partial charge in [-0.3, -0.25) is 9.80 Å². The summed E-state index contributed by atoms with van der Waals surface area (Å²) in [4.78, 5) is 9.52. The molecule has 1 unspecified atom stereocenters. The Hall–Kier alpha value is -1.21. The van der Waals surface area contributed by atoms with Crippen molar-refractivity contribution in [1.29, 1.82) is 0 Å². The van der Waals surface area contributed by atoms with Gasteiger partial charge in [-0.1, -0.05) is 6.07 Å². The van der Waals surface area contributed by atoms with Crippen molar-refractivity contribution in [2.45, 2.75) is 19.0 Å². The maximum atomic E-state index is 5.42. The molecule has 6 heteroatoms. The lowest BCUT2D eigenvalue weighted by atomic mass is 10.2. The van der Waals surface area contributed by atoms with Gasteiger partial charge in [0.05, 0.1) is 18.9 Å². The van der Waals surface area contributed by atoms with Crippen LogP contribution in [-0.4, -0.2) is 60.2 Å². The highest BCUT2D eigenvalue weighted by atomic mass is 16.5. The number of hydrazine groups is 1. The van der Waals surface area contributed by atoms with Gasteiger partial charge >= 0.3 is 0 Å². The number of anilines is 1. The lowest BCUT2D eigenvalue weighted by Crippen LogP contribution is -2.44. The Morgan fingerprint density at radius 1 is 1.30 bits per heavy atom. The molecule has 1 atom stereocenters. The van der Waals surface area contributed by atoms with Crippen LogP contribution in [0.1, 0.15) is 12.1 Å². The Kier molecular flexibility index (Phi) is 4.47. The molecule has 1 aromatic heterocycles. The number of ether oxygens (including phenoxy) is 1. The lowest BCUT2D eigenvalue weighted by Gasteiger charge is -2.32. The van der Waals surface area contributed by atoms with Crippen molar-refractivity contribution in [3.05, 3.63) is 23.9 Å². The van der Waals surface area contributed by atoms with Crippen molar-refractivity contribution < 1.29 is 4.74 Å². The van der Waals surface area contributed by atoms with Gasteiger partial charge in [0.25, 0.3) is 0 Å². The molecule has 3 rings (SSSR count). The molecule has 6 nitrogen and oxygen atoms in total. The number of likely N-dealkylation sites (tertiary alicyclic amines) is 1. The topological polar surface area (TPSA) is 66.7 Å². The summed E-state index contributed by atoms with van der Waals surface area (Å²) in [5.41, 5.74) is 3.67. The highest BCUT2D eigenvalue weighted by Crippen LogP contribution is 2.19. The quantitative estimate of drug-likeness (QED) is 0.608. The van der Waals surface area contributed by atoms with Crippen molar-refractivity contribution in [2.24, 2.45) is 5.84 Å². The second kappa shape index (κ2) is 6.49. The molecule has 0 amide bonds. The first-order valence-corrected chi connectivity index (χ1v) is 7.32. The Morgan fingerprint density at radius 3 is 2.95 bits per heavy atom. The van der Waals surface area contributed by atoms with Gasteiger partial charge in [0.15, 0.2) is 0 Å². The number of nitrogen functional groups attached to an aromatic ring is 1. The van der Waals surface area contributed by atoms with Crippen LogP contribution in [0.25, 0.3) is 0 Å². The molecule has 3 N–H and O–H groups in total. The predicted molar refractivity (Wildman–Crippen MR) is 78.1 cm³/mol. The fraction of sp³-hybridized carbons (Fsp3) is 0.643. The number of nitrogens with one attached hydrogen (secondary N) is 1. The van der Waals surface area contributed by atoms with E-state index in [9.17, 15) is 0 Å². The predicted octanol–water partition coefficient (Wildman–Crippen LogP) is 0.274. The molecule has 2 fully saturated rings. The van der Waals surface area contributed by atoms with Crippen molar-refractivity contribution >= 4 is 5.82 Å². The summed E-state index contributed by atoms with van der Waals surface area (Å²) in [5, 5.41) is 0. The Morgan fingerprint density at radius 2 is 2.15 bits per heavy atom. The summed E-state index contributed by atoms with van der Waals surface area (Å²) in [6.07, 6.45) is 1.24. The zero-order valence-corrected chi connectivity index (χ0v) is 11.8. The molecule has 2 saturated heterocycles. The molecule has 0 radical (unpaired) electrons. The molecular formula is C14H23N5O. The maximum absolute atomic E-state index is 5.42. The Balaban J connectivity index is 1.54. The maximum Gasteiger partial charge on any atom is 0.140 e. The average molecular weight is 277 g/mol. The number of hydrogen-bond donors (Lipinski definition) is 2. The van der Waals surface area contributed by atoms with E-state index in [0.717, 1.165) is 57.4 Å². The number of pyridine rings is 1. The van der Waals surface area contributed by atoms with Crippen molar-refractivity contribution in [3.8, 4) is 0 Å². The molecule has 0 bridgehead atoms. The molecule has 2 aliphatic heterocycles. The highest BCUT2D eigenvalue weighted by molar-refractivity contribution is 5.33. The van der Waals surface area contributed by atoms with Crippen LogP contribution in [0.2, 0.25) is 0 Å². The van der Waals surface area contributed by atoms with E-state index in [4.69, 9.17) is 10.6 Å². The zero-order valence-electron chi connectivity index (χ0n) is 11.8. The van der Waals surface area contributed by atoms with Crippen LogP contribution in [0, 0.1) is 0 Å². The summed E-state index contributed by atoms with van der Waals surface area (Å²) < 4.78 is 5.42. The number of hydrogen-bond acceptors (Lipinski definition) is 6. The van der Waals surface area contributed by atoms with E-state index in [1.807, 2.05) is 12.1 Å². The molecule has 0 aromatic carbocycles. The summed E-state index contributed by atoms with van der Waals surface area (Å²) in [5.74, 6) is 6.13. The van der Waals surface area contributed by atoms with Gasteiger partial charge in [0, 0.05) is 38.8 Å². The van der Waals surface area contributed by atoms with Crippen molar-refractivity contribution in [2.75, 3.05) is 44.8 Å². The normalized spacial score (nSPS) is 24.9. The number of morpholine rings is 1. The SMILES string of the molecule is NNc1cccc(CN2CCC(N3CCOCC3)C2)n1. The van der Waals surface area contributed by atoms with Gasteiger partial charge in [0.2, 0.25) is 0 Å². The first-order chi connectivity index (χ1) is 9.85. The first-order valence-electron chi connectivity index (χ1n) is 7.32. The minimum atomic E-state index is 0.676. The average Bonchev–Trinajstić information content (AvgIpc) is 2.97. The standard InChI is InChI=1S/C14H23N5O/c15-17-14-3-1-2-12(16-14)10-18-5-4-13(11-18)19-6-8-20-9-7-19/h1-3,13H,4-11,15H2,(H,16,17). The molecule has 110 valence electrons. The Labute approximate surface area is 119 Å². The fourth-order valence-corrected chi connectivity index (χ4v) is 3.07. The molecule has 0 saturated carbocycles. The van der Waals surface area contributed by atoms with Crippen LogP contribution in [0.3, 0.4) is 0 Å². The lowest BCUT2D eigenvalue weighted by molar-refractivity contribution is 0.0183. The Bertz CT molecular complexity index is 435. The van der Waals surface area contributed by atoms with Crippen molar-refractivity contribution in [3.63, 3.8) is 0 Å². The monoisotopic (exact) mass is 277 g/mol. The van der Waals surface area contributed by atoms with Crippen LogP contribution in [0.5, 0.6) is 0 Å². The minimum Gasteiger partial charge on any atom is -0.379 e. The highest BCUT2D eigenvalue weighted by Gasteiger charge is 2.28. The van der Waals surface area contributed by atoms with Gasteiger partial charge in [-0.2, -0.15) is 0 Å². The number of rotatable bonds is 4. The van der Waals surface area contributed by atoms with Crippen LogP contribution >= 0.6 is 0 Å². The van der Waals surface area contributed by atoms with Crippen LogP contribution < -0.4 is 11.3 Å². The summed E-state index contributed by atoms with van der Waals surface area (Å²) in [6.45, 7) is 7.07. The van der Waals surface area contributed by atoms with E-state index >= 15 is 0 Å². The second-order valence-corrected chi connectivity index (χ2v) is 5.48. The molecule has 20 heavy (non-hydrogen) atoms. The molecule has 2 aliphatic rings. The molecular weight excluding hydrogens is 254 g/mol. The summed E-state index contributed by atoms with van der Waals surface area (Å²) >= 11 is 0. The molecule has 0 aliphatic carbocycles. The summed E-state index contributed by atoms with van der Waals surface area (Å²) in [7, 11) is 0. The zero-order chi connectivity index (χ0) is 13.8. The number of aromatic nitrogens is 1. The van der Waals surface area contributed by atoms with E-state index in [-0.39, 0.29) is 0 Å². The largest absolute Gasteiger partial charge is 0.379 e. The van der Waals surface area contributed by atoms with Gasteiger partial charge in [-0.15, -0.1) is 0 Å². The van der Waals surface area contributed by atoms with E-state index in [2.05, 4.69) is 26.3 Å². The van der Waals surface area contributed by atoms with E-state index in [1.54, 1.807) is 0 Å². The van der Waals surface area contributed by atoms with E-state index in [0.29, 0.717) is 6.04 Å². The van der Waals surface area contributed by atoms with Crippen LogP contribution in [0.15, 0.2) is 18.2 Å². The van der Waals surface area contributed by atoms with Gasteiger partial charge in [-0.25, -0.2) is 10.8 Å². The molecule has 0 spiro atoms. The fourth-order valence-electron chi connectivity index (χ4n) is 3.07. The van der Waals surface area contributed by atoms with Gasteiger partial charge in [-0.05, 0) is 18.6 Å². The molecule has 3 heterocycles. The van der Waals surface area contributed by atoms with Gasteiger partial charge in [0.1, 0.15) is 5.82 Å². The van der Waals surface area contributed by atoms with Crippen LogP contribution in [0.4, 0.5) is 5.82 Å². The second-order valence-electron chi connectivity index (χ2n) is 5.48. The summed E-state index contributed by atoms with van der Waals surface area (Å²) in [6, 6.07) is 6.61. The minimum absolute atomic E-state index is 0.676. The first kappa shape index (κ1) is 13.8. The van der Waals surface area contributed by atoms with Crippen LogP contribution in [-0.2, 0) is 11.3 Å².